The van der Waals surface area contributed by atoms with Gasteiger partial charge in [0.1, 0.15) is 34.7 Å². The zero-order valence-corrected chi connectivity index (χ0v) is 43.6. The number of pyridine rings is 1. The predicted molar refractivity (Wildman–Crippen MR) is 275 cm³/mol. The molecule has 9 aliphatic heterocycles. The van der Waals surface area contributed by atoms with Crippen molar-refractivity contribution in [2.45, 2.75) is 127 Å². The summed E-state index contributed by atoms with van der Waals surface area (Å²) in [5.41, 5.74) is 6.92. The normalized spacial score (nSPS) is 29.4. The van der Waals surface area contributed by atoms with Gasteiger partial charge in [-0.1, -0.05) is 19.1 Å². The van der Waals surface area contributed by atoms with Gasteiger partial charge in [-0.05, 0) is 119 Å². The summed E-state index contributed by atoms with van der Waals surface area (Å²) in [6.07, 6.45) is 7.96. The number of piperidine rings is 2. The number of hydrogen-bond acceptors (Lipinski definition) is 13. The third-order valence-electron chi connectivity index (χ3n) is 18.6. The number of likely N-dealkylation sites (N-methyl/N-ethyl adjacent to an activating group) is 1. The van der Waals surface area contributed by atoms with Gasteiger partial charge in [0.25, 0.3) is 5.91 Å². The van der Waals surface area contributed by atoms with E-state index in [9.17, 15) is 28.8 Å². The lowest BCUT2D eigenvalue weighted by atomic mass is 9.74. The van der Waals surface area contributed by atoms with E-state index in [2.05, 4.69) is 72.0 Å². The first-order valence-corrected chi connectivity index (χ1v) is 27.9. The smallest absolute Gasteiger partial charge is 0.263 e. The summed E-state index contributed by atoms with van der Waals surface area (Å²) in [7, 11) is 2.10. The van der Waals surface area contributed by atoms with Crippen molar-refractivity contribution in [3.63, 3.8) is 0 Å². The van der Waals surface area contributed by atoms with Crippen molar-refractivity contribution in [3.8, 4) is 0 Å². The molecule has 0 saturated carbocycles. The molecule has 7 saturated heterocycles. The SMILES string of the molecule is CC1CC(c2cc(CN3CCCC3C3=c4nc(CN5CCCC5)n(C5COC5)c4=NC(c4c#cc5c(c4)CN(C4CCC(=O)NC4=O)C5=O)C3)c3ccn(C4CN(C)C4)c3n2)=C(F)C2CN(C3CCC(=O)NC3=O)C(=O)C12. The molecule has 0 bridgehead atoms. The fourth-order valence-corrected chi connectivity index (χ4v) is 14.6. The minimum Gasteiger partial charge on any atom is -0.377 e. The average Bonchev–Trinajstić information content (AvgIpc) is 4.36. The highest BCUT2D eigenvalue weighted by molar-refractivity contribution is 6.05. The number of fused-ring (bicyclic) bond motifs is 4. The summed E-state index contributed by atoms with van der Waals surface area (Å²) < 4.78 is 27.9. The van der Waals surface area contributed by atoms with Crippen LogP contribution >= 0.6 is 0 Å². The van der Waals surface area contributed by atoms with Gasteiger partial charge in [-0.15, -0.1) is 0 Å². The van der Waals surface area contributed by atoms with Gasteiger partial charge in [-0.25, -0.2) is 14.4 Å². The van der Waals surface area contributed by atoms with Gasteiger partial charge in [0.15, 0.2) is 5.49 Å². The number of imide groups is 2. The molecule has 1 aromatic carbocycles. The van der Waals surface area contributed by atoms with E-state index in [0.717, 1.165) is 103 Å². The second-order valence-corrected chi connectivity index (χ2v) is 23.5. The van der Waals surface area contributed by atoms with Gasteiger partial charge in [-0.3, -0.25) is 54.2 Å². The Morgan fingerprint density at radius 2 is 1.57 bits per heavy atom. The highest BCUT2D eigenvalue weighted by atomic mass is 19.1. The van der Waals surface area contributed by atoms with Gasteiger partial charge in [0, 0.05) is 80.2 Å². The van der Waals surface area contributed by atoms with E-state index < -0.39 is 35.7 Å². The number of carbonyl (C=O) groups excluding carboxylic acids is 6. The van der Waals surface area contributed by atoms with Crippen LogP contribution in [0.3, 0.4) is 0 Å². The molecule has 7 fully saturated rings. The summed E-state index contributed by atoms with van der Waals surface area (Å²) in [6.45, 7) is 9.31. The van der Waals surface area contributed by atoms with E-state index in [4.69, 9.17) is 19.7 Å². The molecular formula is C57H63FN12O7. The Kier molecular flexibility index (Phi) is 11.9. The zero-order valence-electron chi connectivity index (χ0n) is 43.6. The lowest BCUT2D eigenvalue weighted by Crippen LogP contribution is -2.53. The number of imidazole rings is 1. The lowest BCUT2D eigenvalue weighted by Gasteiger charge is -2.37. The molecule has 7 unspecified atom stereocenters. The van der Waals surface area contributed by atoms with Gasteiger partial charge >= 0.3 is 0 Å². The topological polar surface area (TPSA) is 200 Å². The molecule has 10 aliphatic rings. The molecule has 0 spiro atoms. The molecule has 4 aromatic rings. The maximum atomic E-state index is 17.5. The molecule has 19 nitrogen and oxygen atoms in total. The Morgan fingerprint density at radius 1 is 0.818 bits per heavy atom. The number of carbonyl (C=O) groups is 6. The van der Waals surface area contributed by atoms with Crippen molar-refractivity contribution < 1.29 is 37.9 Å². The van der Waals surface area contributed by atoms with E-state index in [1.165, 1.54) is 10.5 Å². The maximum Gasteiger partial charge on any atom is 0.263 e. The molecule has 1 aliphatic carbocycles. The van der Waals surface area contributed by atoms with E-state index in [1.807, 2.05) is 13.0 Å². The minimum absolute atomic E-state index is 0.0152. The van der Waals surface area contributed by atoms with Gasteiger partial charge in [0.2, 0.25) is 29.5 Å². The number of amides is 6. The van der Waals surface area contributed by atoms with Crippen molar-refractivity contribution in [2.24, 2.45) is 22.7 Å². The quantitative estimate of drug-likeness (QED) is 0.209. The Bertz CT molecular complexity index is 3370. The average molecular weight is 1050 g/mol. The summed E-state index contributed by atoms with van der Waals surface area (Å²) >= 11 is 0. The fourth-order valence-electron chi connectivity index (χ4n) is 14.6. The summed E-state index contributed by atoms with van der Waals surface area (Å²) in [5, 5.41) is 6.72. The Morgan fingerprint density at radius 3 is 2.29 bits per heavy atom. The number of hydrogen-bond donors (Lipinski definition) is 2. The van der Waals surface area contributed by atoms with Crippen LogP contribution in [0.1, 0.15) is 128 Å². The first kappa shape index (κ1) is 48.7. The number of halogens is 1. The molecule has 20 heteroatoms. The van der Waals surface area contributed by atoms with E-state index >= 15 is 4.39 Å². The van der Waals surface area contributed by atoms with Crippen LogP contribution in [0.5, 0.6) is 0 Å². The first-order chi connectivity index (χ1) is 37.3. The molecule has 77 heavy (non-hydrogen) atoms. The van der Waals surface area contributed by atoms with E-state index in [-0.39, 0.29) is 98.3 Å². The number of allylic oxidation sites excluding steroid dienone is 1. The Labute approximate surface area is 444 Å². The summed E-state index contributed by atoms with van der Waals surface area (Å²) in [6, 6.07) is 11.2. The molecule has 12 heterocycles. The van der Waals surface area contributed by atoms with E-state index in [1.54, 1.807) is 4.90 Å². The molecule has 6 amide bonds. The van der Waals surface area contributed by atoms with Gasteiger partial charge < -0.3 is 28.6 Å². The Balaban J connectivity index is 0.832. The van der Waals surface area contributed by atoms with Crippen LogP contribution in [0.15, 0.2) is 35.2 Å². The standard InChI is InChI=1S/C57H63FN12O7/c1-30-18-38(50(58)40-26-69(57(76)49(30)40)45-10-12-48(72)63-55(45)74)42-20-33(36-13-17-67(52(36)60-42)34-24-64(2)25-34)22-66-16-5-6-43(66)39-21-41(59-53-51(39)61-46(27-65-14-3-4-15-65)70(53)35-28-77-29-35)31-7-8-37-32(19-31)23-68(56(37)75)44-9-11-47(71)62-54(44)73/h13,17,19-20,30,34-35,40-41,43-45,49H,3-6,9-12,14-16,18,21-29H2,1-2H3,(H,62,71,73)(H,63,72,74). The highest BCUT2D eigenvalue weighted by Gasteiger charge is 2.53. The molecule has 3 aromatic heterocycles. The summed E-state index contributed by atoms with van der Waals surface area (Å²) in [4.78, 5) is 105. The maximum absolute atomic E-state index is 17.5. The molecule has 400 valence electrons. The number of ether oxygens (including phenoxy) is 1. The zero-order chi connectivity index (χ0) is 52.5. The predicted octanol–water partition coefficient (Wildman–Crippen LogP) is 2.43. The van der Waals surface area contributed by atoms with Crippen LogP contribution in [-0.4, -0.2) is 157 Å². The highest BCUT2D eigenvalue weighted by Crippen LogP contribution is 2.49. The molecule has 2 N–H and O–H groups in total. The van der Waals surface area contributed by atoms with Crippen LogP contribution in [-0.2, 0) is 48.3 Å². The van der Waals surface area contributed by atoms with Crippen molar-refractivity contribution in [1.82, 2.24) is 54.2 Å². The number of likely N-dealkylation sites (tertiary alicyclic amines) is 4. The van der Waals surface area contributed by atoms with Crippen LogP contribution in [0.25, 0.3) is 22.2 Å². The second kappa shape index (κ2) is 18.8. The van der Waals surface area contributed by atoms with Crippen molar-refractivity contribution in [3.05, 3.63) is 87.0 Å². The van der Waals surface area contributed by atoms with Crippen molar-refractivity contribution in [1.29, 1.82) is 0 Å². The minimum atomic E-state index is -0.805. The van der Waals surface area contributed by atoms with Crippen LogP contribution in [0.2, 0.25) is 0 Å². The molecule has 0 radical (unpaired) electrons. The summed E-state index contributed by atoms with van der Waals surface area (Å²) in [5.74, 6) is -3.09. The van der Waals surface area contributed by atoms with Crippen molar-refractivity contribution >= 4 is 57.6 Å². The third-order valence-corrected chi connectivity index (χ3v) is 18.6. The second-order valence-electron chi connectivity index (χ2n) is 23.5. The largest absolute Gasteiger partial charge is 0.377 e. The van der Waals surface area contributed by atoms with Gasteiger partial charge in [0.05, 0.1) is 55.1 Å². The number of aromatic nitrogens is 4. The van der Waals surface area contributed by atoms with Crippen LogP contribution in [0, 0.1) is 29.9 Å². The van der Waals surface area contributed by atoms with Gasteiger partial charge in [-0.2, -0.15) is 0 Å². The number of nitrogens with one attached hydrogen (secondary N) is 2. The number of rotatable bonds is 11. The first-order valence-electron chi connectivity index (χ1n) is 27.9. The Hall–Kier alpha value is -6.66. The molecule has 7 atom stereocenters. The lowest BCUT2D eigenvalue weighted by molar-refractivity contribution is -0.145. The molecular weight excluding hydrogens is 984 g/mol. The van der Waals surface area contributed by atoms with E-state index in [0.29, 0.717) is 56.0 Å². The molecule has 14 rings (SSSR count). The van der Waals surface area contributed by atoms with Crippen LogP contribution in [0.4, 0.5) is 4.39 Å². The number of nitrogens with zero attached hydrogens (tertiary/aromatic N) is 10. The monoisotopic (exact) mass is 1050 g/mol. The van der Waals surface area contributed by atoms with Crippen molar-refractivity contribution in [2.75, 3.05) is 59.5 Å². The van der Waals surface area contributed by atoms with Crippen LogP contribution < -0.4 is 21.5 Å². The third kappa shape index (κ3) is 8.16. The fraction of sp³-hybridized carbons (Fsp3) is 0.561.